The van der Waals surface area contributed by atoms with E-state index in [1.165, 1.54) is 5.56 Å². The number of aryl methyl sites for hydroxylation is 1. The molecule has 1 aliphatic rings. The van der Waals surface area contributed by atoms with E-state index in [0.29, 0.717) is 19.2 Å². The van der Waals surface area contributed by atoms with E-state index in [1.54, 1.807) is 6.20 Å². The maximum Gasteiger partial charge on any atom is 0.227 e. The summed E-state index contributed by atoms with van der Waals surface area (Å²) in [6.07, 6.45) is 5.35. The summed E-state index contributed by atoms with van der Waals surface area (Å²) in [7, 11) is 0. The fraction of sp³-hybridized carbons (Fsp3) is 0.208. The Morgan fingerprint density at radius 3 is 2.63 bits per heavy atom. The zero-order chi connectivity index (χ0) is 20.3. The highest BCUT2D eigenvalue weighted by atomic mass is 16.5. The third-order valence-electron chi connectivity index (χ3n) is 5.35. The lowest BCUT2D eigenvalue weighted by Crippen LogP contribution is -2.17. The predicted octanol–water partition coefficient (Wildman–Crippen LogP) is 4.38. The molecule has 2 aromatic heterocycles. The van der Waals surface area contributed by atoms with Crippen LogP contribution in [0.1, 0.15) is 28.3 Å². The molecule has 0 fully saturated rings. The summed E-state index contributed by atoms with van der Waals surface area (Å²) in [6.45, 7) is 3.27. The van der Waals surface area contributed by atoms with Gasteiger partial charge in [-0.2, -0.15) is 0 Å². The van der Waals surface area contributed by atoms with Crippen molar-refractivity contribution in [2.24, 2.45) is 0 Å². The molecule has 6 heteroatoms. The third-order valence-corrected chi connectivity index (χ3v) is 5.35. The van der Waals surface area contributed by atoms with Crippen LogP contribution in [0.3, 0.4) is 0 Å². The summed E-state index contributed by atoms with van der Waals surface area (Å²) >= 11 is 0. The molecule has 0 saturated carbocycles. The van der Waals surface area contributed by atoms with Gasteiger partial charge < -0.3 is 14.6 Å². The molecule has 2 aromatic carbocycles. The number of anilines is 2. The molecule has 1 aliphatic heterocycles. The first-order valence-corrected chi connectivity index (χ1v) is 10.1. The highest BCUT2D eigenvalue weighted by Crippen LogP contribution is 2.24. The number of aromatic nitrogens is 4. The molecular formula is C24H23N5O. The Morgan fingerprint density at radius 2 is 1.87 bits per heavy atom. The normalized spacial score (nSPS) is 13.1. The average Bonchev–Trinajstić information content (AvgIpc) is 3.21. The van der Waals surface area contributed by atoms with Gasteiger partial charge in [-0.05, 0) is 36.8 Å². The Morgan fingerprint density at radius 1 is 1.03 bits per heavy atom. The van der Waals surface area contributed by atoms with Crippen LogP contribution < -0.4 is 5.32 Å². The minimum Gasteiger partial charge on any atom is -0.376 e. The van der Waals surface area contributed by atoms with Crippen LogP contribution in [0.2, 0.25) is 0 Å². The number of nitrogens with zero attached hydrogens (tertiary/aromatic N) is 4. The quantitative estimate of drug-likeness (QED) is 0.541. The summed E-state index contributed by atoms with van der Waals surface area (Å²) in [5.41, 5.74) is 6.49. The first-order valence-electron chi connectivity index (χ1n) is 10.1. The molecule has 3 heterocycles. The summed E-state index contributed by atoms with van der Waals surface area (Å²) in [5.74, 6) is 1.59. The molecule has 0 unspecified atom stereocenters. The smallest absolute Gasteiger partial charge is 0.227 e. The van der Waals surface area contributed by atoms with Gasteiger partial charge in [0.05, 0.1) is 24.6 Å². The van der Waals surface area contributed by atoms with Crippen LogP contribution in [0, 0.1) is 6.92 Å². The molecule has 0 bridgehead atoms. The fourth-order valence-corrected chi connectivity index (χ4v) is 3.78. The van der Waals surface area contributed by atoms with E-state index >= 15 is 0 Å². The van der Waals surface area contributed by atoms with Crippen LogP contribution in [0.4, 0.5) is 11.6 Å². The van der Waals surface area contributed by atoms with Crippen molar-refractivity contribution in [3.8, 4) is 5.69 Å². The Bertz CT molecular complexity index is 1150. The van der Waals surface area contributed by atoms with Crippen molar-refractivity contribution < 1.29 is 4.74 Å². The van der Waals surface area contributed by atoms with E-state index < -0.39 is 0 Å². The van der Waals surface area contributed by atoms with Crippen molar-refractivity contribution in [3.05, 3.63) is 95.3 Å². The van der Waals surface area contributed by atoms with Crippen molar-refractivity contribution >= 4 is 11.6 Å². The Labute approximate surface area is 175 Å². The van der Waals surface area contributed by atoms with Crippen molar-refractivity contribution in [1.29, 1.82) is 0 Å². The Hall–Kier alpha value is -3.51. The number of imidazole rings is 1. The molecule has 0 aliphatic carbocycles. The topological polar surface area (TPSA) is 64.9 Å². The predicted molar refractivity (Wildman–Crippen MR) is 116 cm³/mol. The van der Waals surface area contributed by atoms with E-state index in [9.17, 15) is 0 Å². The van der Waals surface area contributed by atoms with Crippen LogP contribution in [0.15, 0.2) is 67.0 Å². The van der Waals surface area contributed by atoms with Crippen LogP contribution in [0.25, 0.3) is 5.69 Å². The van der Waals surface area contributed by atoms with Gasteiger partial charge in [-0.15, -0.1) is 0 Å². The summed E-state index contributed by atoms with van der Waals surface area (Å²) in [4.78, 5) is 13.9. The van der Waals surface area contributed by atoms with Crippen molar-refractivity contribution in [1.82, 2.24) is 19.5 Å². The second-order valence-electron chi connectivity index (χ2n) is 7.40. The van der Waals surface area contributed by atoms with Gasteiger partial charge in [0.2, 0.25) is 5.95 Å². The largest absolute Gasteiger partial charge is 0.376 e. The highest BCUT2D eigenvalue weighted by Gasteiger charge is 2.18. The Balaban J connectivity index is 1.43. The van der Waals surface area contributed by atoms with Crippen molar-refractivity contribution in [3.63, 3.8) is 0 Å². The lowest BCUT2D eigenvalue weighted by molar-refractivity contribution is 0.108. The number of hydrogen-bond acceptors (Lipinski definition) is 5. The van der Waals surface area contributed by atoms with Gasteiger partial charge in [-0.25, -0.2) is 15.0 Å². The minimum atomic E-state index is 0.580. The van der Waals surface area contributed by atoms with Gasteiger partial charge in [-0.1, -0.05) is 30.3 Å². The Kier molecular flexibility index (Phi) is 4.99. The standard InChI is InChI=1S/C24H23N5O/c1-17-25-12-13-29(17)20-9-7-19(8-10-20)26-24-27-22-11-14-30-16-21(22)23(28-24)15-18-5-3-2-4-6-18/h2-10,12-13H,11,14-16H2,1H3,(H,26,27,28). The molecule has 0 saturated heterocycles. The lowest BCUT2D eigenvalue weighted by Gasteiger charge is -2.20. The molecule has 4 aromatic rings. The number of ether oxygens (including phenoxy) is 1. The first kappa shape index (κ1) is 18.5. The van der Waals surface area contributed by atoms with Crippen LogP contribution >= 0.6 is 0 Å². The van der Waals surface area contributed by atoms with Gasteiger partial charge >= 0.3 is 0 Å². The summed E-state index contributed by atoms with van der Waals surface area (Å²) in [6, 6.07) is 18.6. The number of rotatable bonds is 5. The summed E-state index contributed by atoms with van der Waals surface area (Å²) < 4.78 is 7.74. The summed E-state index contributed by atoms with van der Waals surface area (Å²) in [5, 5.41) is 3.38. The van der Waals surface area contributed by atoms with E-state index in [4.69, 9.17) is 14.7 Å². The van der Waals surface area contributed by atoms with Crippen molar-refractivity contribution in [2.45, 2.75) is 26.4 Å². The molecule has 0 amide bonds. The van der Waals surface area contributed by atoms with E-state index in [1.807, 2.05) is 31.3 Å². The molecular weight excluding hydrogens is 374 g/mol. The second-order valence-corrected chi connectivity index (χ2v) is 7.40. The van der Waals surface area contributed by atoms with Gasteiger partial charge in [-0.3, -0.25) is 0 Å². The lowest BCUT2D eigenvalue weighted by atomic mass is 10.0. The fourth-order valence-electron chi connectivity index (χ4n) is 3.78. The first-order chi connectivity index (χ1) is 14.8. The number of nitrogens with one attached hydrogen (secondary N) is 1. The van der Waals surface area contributed by atoms with Crippen LogP contribution in [-0.4, -0.2) is 26.1 Å². The maximum atomic E-state index is 5.68. The number of hydrogen-bond donors (Lipinski definition) is 1. The SMILES string of the molecule is Cc1nccn1-c1ccc(Nc2nc3c(c(Cc4ccccc4)n2)COCC3)cc1. The zero-order valence-electron chi connectivity index (χ0n) is 16.9. The third kappa shape index (κ3) is 3.82. The van der Waals surface area contributed by atoms with Gasteiger partial charge in [0.25, 0.3) is 0 Å². The van der Waals surface area contributed by atoms with E-state index in [-0.39, 0.29) is 0 Å². The molecule has 1 N–H and O–H groups in total. The minimum absolute atomic E-state index is 0.580. The maximum absolute atomic E-state index is 5.68. The zero-order valence-corrected chi connectivity index (χ0v) is 16.9. The van der Waals surface area contributed by atoms with Gasteiger partial charge in [0.1, 0.15) is 5.82 Å². The van der Waals surface area contributed by atoms with Crippen LogP contribution in [0.5, 0.6) is 0 Å². The molecule has 0 radical (unpaired) electrons. The molecule has 0 atom stereocenters. The highest BCUT2D eigenvalue weighted by molar-refractivity contribution is 5.56. The average molecular weight is 397 g/mol. The molecule has 150 valence electrons. The molecule has 5 rings (SSSR count). The number of fused-ring (bicyclic) bond motifs is 1. The van der Waals surface area contributed by atoms with E-state index in [0.717, 1.165) is 47.0 Å². The molecule has 0 spiro atoms. The van der Waals surface area contributed by atoms with Crippen LogP contribution in [-0.2, 0) is 24.2 Å². The second kappa shape index (κ2) is 8.08. The van der Waals surface area contributed by atoms with Gasteiger partial charge in [0, 0.05) is 42.2 Å². The number of benzene rings is 2. The molecule has 30 heavy (non-hydrogen) atoms. The van der Waals surface area contributed by atoms with E-state index in [2.05, 4.69) is 51.3 Å². The van der Waals surface area contributed by atoms with Gasteiger partial charge in [0.15, 0.2) is 0 Å². The molecule has 6 nitrogen and oxygen atoms in total. The van der Waals surface area contributed by atoms with Crippen molar-refractivity contribution in [2.75, 3.05) is 11.9 Å². The monoisotopic (exact) mass is 397 g/mol.